The van der Waals surface area contributed by atoms with Crippen molar-refractivity contribution in [3.05, 3.63) is 0 Å². The Labute approximate surface area is 98.6 Å². The average molecular weight is 227 g/mol. The summed E-state index contributed by atoms with van der Waals surface area (Å²) in [6.45, 7) is 4.17. The molecule has 0 aromatic carbocycles. The second kappa shape index (κ2) is 6.24. The summed E-state index contributed by atoms with van der Waals surface area (Å²) < 4.78 is 0. The normalized spacial score (nSPS) is 23.1. The van der Waals surface area contributed by atoms with Crippen molar-refractivity contribution in [1.29, 1.82) is 0 Å². The van der Waals surface area contributed by atoms with Crippen molar-refractivity contribution in [2.75, 3.05) is 0 Å². The van der Waals surface area contributed by atoms with Crippen molar-refractivity contribution < 1.29 is 9.90 Å². The van der Waals surface area contributed by atoms with Gasteiger partial charge in [0.25, 0.3) is 0 Å². The summed E-state index contributed by atoms with van der Waals surface area (Å²) in [5, 5.41) is 12.8. The second-order valence-corrected chi connectivity index (χ2v) is 5.11. The first-order chi connectivity index (χ1) is 7.60. The molecule has 0 heterocycles. The molecule has 16 heavy (non-hydrogen) atoms. The number of rotatable bonds is 4. The van der Waals surface area contributed by atoms with Crippen molar-refractivity contribution in [2.45, 2.75) is 76.8 Å². The molecule has 1 atom stereocenters. The SMILES string of the molecule is CCC(C)NC1(C(=O)O)CCCCCCC1. The molecule has 0 aromatic rings. The lowest BCUT2D eigenvalue weighted by Gasteiger charge is -2.35. The van der Waals surface area contributed by atoms with Crippen LogP contribution in [0.4, 0.5) is 0 Å². The van der Waals surface area contributed by atoms with Crippen LogP contribution in [0.25, 0.3) is 0 Å². The lowest BCUT2D eigenvalue weighted by atomic mass is 9.83. The molecule has 1 rings (SSSR count). The molecule has 0 spiro atoms. The second-order valence-electron chi connectivity index (χ2n) is 5.11. The van der Waals surface area contributed by atoms with E-state index >= 15 is 0 Å². The van der Waals surface area contributed by atoms with E-state index in [4.69, 9.17) is 0 Å². The van der Waals surface area contributed by atoms with E-state index in [1.807, 2.05) is 0 Å². The maximum absolute atomic E-state index is 11.5. The van der Waals surface area contributed by atoms with Gasteiger partial charge in [-0.15, -0.1) is 0 Å². The van der Waals surface area contributed by atoms with Gasteiger partial charge in [0, 0.05) is 6.04 Å². The first-order valence-electron chi connectivity index (χ1n) is 6.62. The van der Waals surface area contributed by atoms with E-state index in [1.165, 1.54) is 19.3 Å². The lowest BCUT2D eigenvalue weighted by molar-refractivity contribution is -0.146. The zero-order chi connectivity index (χ0) is 12.0. The summed E-state index contributed by atoms with van der Waals surface area (Å²) in [4.78, 5) is 11.5. The Kier molecular flexibility index (Phi) is 5.26. The maximum atomic E-state index is 11.5. The van der Waals surface area contributed by atoms with Crippen molar-refractivity contribution >= 4 is 5.97 Å². The molecular weight excluding hydrogens is 202 g/mol. The third-order valence-corrected chi connectivity index (χ3v) is 3.75. The Morgan fingerprint density at radius 3 is 2.19 bits per heavy atom. The van der Waals surface area contributed by atoms with Crippen LogP contribution in [-0.2, 0) is 4.79 Å². The van der Waals surface area contributed by atoms with Crippen molar-refractivity contribution in [1.82, 2.24) is 5.32 Å². The zero-order valence-corrected chi connectivity index (χ0v) is 10.6. The van der Waals surface area contributed by atoms with Gasteiger partial charge in [-0.25, -0.2) is 0 Å². The fourth-order valence-electron chi connectivity index (χ4n) is 2.50. The highest BCUT2D eigenvalue weighted by Gasteiger charge is 2.38. The molecule has 0 aromatic heterocycles. The molecule has 1 unspecified atom stereocenters. The fourth-order valence-corrected chi connectivity index (χ4v) is 2.50. The highest BCUT2D eigenvalue weighted by Crippen LogP contribution is 2.27. The van der Waals surface area contributed by atoms with Crippen LogP contribution in [0.15, 0.2) is 0 Å². The molecule has 3 heteroatoms. The van der Waals surface area contributed by atoms with Crippen molar-refractivity contribution in [3.63, 3.8) is 0 Å². The van der Waals surface area contributed by atoms with Gasteiger partial charge >= 0.3 is 5.97 Å². The summed E-state index contributed by atoms with van der Waals surface area (Å²) >= 11 is 0. The van der Waals surface area contributed by atoms with Gasteiger partial charge in [0.05, 0.1) is 0 Å². The van der Waals surface area contributed by atoms with Gasteiger partial charge < -0.3 is 5.11 Å². The first kappa shape index (κ1) is 13.5. The number of carboxylic acids is 1. The maximum Gasteiger partial charge on any atom is 0.323 e. The average Bonchev–Trinajstić information content (AvgIpc) is 2.21. The molecule has 0 aliphatic heterocycles. The fraction of sp³-hybridized carbons (Fsp3) is 0.923. The molecule has 94 valence electrons. The standard InChI is InChI=1S/C13H25NO2/c1-3-11(2)14-13(12(15)16)9-7-5-4-6-8-10-13/h11,14H,3-10H2,1-2H3,(H,15,16). The van der Waals surface area contributed by atoms with E-state index in [9.17, 15) is 9.90 Å². The van der Waals surface area contributed by atoms with Crippen molar-refractivity contribution in [3.8, 4) is 0 Å². The minimum Gasteiger partial charge on any atom is -0.480 e. The highest BCUT2D eigenvalue weighted by atomic mass is 16.4. The molecule has 1 saturated carbocycles. The van der Waals surface area contributed by atoms with Gasteiger partial charge in [-0.05, 0) is 26.2 Å². The number of carbonyl (C=O) groups is 1. The van der Waals surface area contributed by atoms with E-state index in [2.05, 4.69) is 19.2 Å². The predicted octanol–water partition coefficient (Wildman–Crippen LogP) is 2.94. The Morgan fingerprint density at radius 1 is 1.25 bits per heavy atom. The van der Waals surface area contributed by atoms with Crippen LogP contribution in [0.5, 0.6) is 0 Å². The quantitative estimate of drug-likeness (QED) is 0.776. The molecule has 0 amide bonds. The Bertz CT molecular complexity index is 220. The van der Waals surface area contributed by atoms with E-state index in [-0.39, 0.29) is 6.04 Å². The molecule has 1 fully saturated rings. The number of aliphatic carboxylic acids is 1. The number of hydrogen-bond donors (Lipinski definition) is 2. The lowest BCUT2D eigenvalue weighted by Crippen LogP contribution is -2.55. The van der Waals surface area contributed by atoms with Gasteiger partial charge in [-0.1, -0.05) is 39.0 Å². The van der Waals surface area contributed by atoms with Crippen LogP contribution < -0.4 is 5.32 Å². The Hall–Kier alpha value is -0.570. The smallest absolute Gasteiger partial charge is 0.323 e. The monoisotopic (exact) mass is 227 g/mol. The topological polar surface area (TPSA) is 49.3 Å². The van der Waals surface area contributed by atoms with Crippen LogP contribution in [0.3, 0.4) is 0 Å². The highest BCUT2D eigenvalue weighted by molar-refractivity contribution is 5.78. The number of nitrogens with one attached hydrogen (secondary N) is 1. The largest absolute Gasteiger partial charge is 0.480 e. The van der Waals surface area contributed by atoms with Crippen LogP contribution in [0.1, 0.15) is 65.2 Å². The molecule has 0 bridgehead atoms. The summed E-state index contributed by atoms with van der Waals surface area (Å²) in [5.41, 5.74) is -0.657. The molecule has 0 radical (unpaired) electrons. The summed E-state index contributed by atoms with van der Waals surface area (Å²) in [5.74, 6) is -0.658. The van der Waals surface area contributed by atoms with Gasteiger partial charge in [0.1, 0.15) is 5.54 Å². The van der Waals surface area contributed by atoms with Gasteiger partial charge in [-0.2, -0.15) is 0 Å². The van der Waals surface area contributed by atoms with Crippen LogP contribution in [0, 0.1) is 0 Å². The van der Waals surface area contributed by atoms with Gasteiger partial charge in [-0.3, -0.25) is 10.1 Å². The third kappa shape index (κ3) is 3.48. The molecule has 1 aliphatic carbocycles. The Balaban J connectivity index is 2.71. The van der Waals surface area contributed by atoms with Gasteiger partial charge in [0.2, 0.25) is 0 Å². The van der Waals surface area contributed by atoms with Gasteiger partial charge in [0.15, 0.2) is 0 Å². The summed E-state index contributed by atoms with van der Waals surface area (Å²) in [6, 6.07) is 0.288. The zero-order valence-electron chi connectivity index (χ0n) is 10.6. The molecule has 3 nitrogen and oxygen atoms in total. The minimum atomic E-state index is -0.658. The minimum absolute atomic E-state index is 0.288. The summed E-state index contributed by atoms with van der Waals surface area (Å²) in [6.07, 6.45) is 8.24. The number of hydrogen-bond acceptors (Lipinski definition) is 2. The Morgan fingerprint density at radius 2 is 1.75 bits per heavy atom. The van der Waals surface area contributed by atoms with E-state index in [0.717, 1.165) is 32.1 Å². The third-order valence-electron chi connectivity index (χ3n) is 3.75. The van der Waals surface area contributed by atoms with E-state index in [0.29, 0.717) is 0 Å². The summed E-state index contributed by atoms with van der Waals surface area (Å²) in [7, 11) is 0. The number of carboxylic acid groups (broad SMARTS) is 1. The van der Waals surface area contributed by atoms with Crippen LogP contribution in [0.2, 0.25) is 0 Å². The van der Waals surface area contributed by atoms with Crippen LogP contribution >= 0.6 is 0 Å². The molecule has 1 aliphatic rings. The van der Waals surface area contributed by atoms with E-state index < -0.39 is 11.5 Å². The van der Waals surface area contributed by atoms with E-state index in [1.54, 1.807) is 0 Å². The molecule has 2 N–H and O–H groups in total. The predicted molar refractivity (Wildman–Crippen MR) is 65.6 cm³/mol. The van der Waals surface area contributed by atoms with Crippen LogP contribution in [-0.4, -0.2) is 22.7 Å². The molecule has 0 saturated heterocycles. The van der Waals surface area contributed by atoms with Crippen molar-refractivity contribution in [2.24, 2.45) is 0 Å². The molecular formula is C13H25NO2. The first-order valence-corrected chi connectivity index (χ1v) is 6.62.